The maximum absolute atomic E-state index is 5.92. The normalized spacial score (nSPS) is 10.9. The molecule has 2 rings (SSSR count). The second-order valence-corrected chi connectivity index (χ2v) is 5.98. The van der Waals surface area contributed by atoms with E-state index in [0.29, 0.717) is 0 Å². The van der Waals surface area contributed by atoms with Gasteiger partial charge in [0.2, 0.25) is 0 Å². The van der Waals surface area contributed by atoms with Crippen molar-refractivity contribution in [3.8, 4) is 0 Å². The molecule has 1 N–H and O–H groups in total. The highest BCUT2D eigenvalue weighted by atomic mass is 35.5. The topological polar surface area (TPSA) is 28.2 Å². The Bertz CT molecular complexity index is 495. The van der Waals surface area contributed by atoms with E-state index >= 15 is 0 Å². The van der Waals surface area contributed by atoms with Crippen LogP contribution in [0, 0.1) is 0 Å². The number of nitrogens with zero attached hydrogens (tertiary/aromatic N) is 2. The number of hydrogen-bond donors (Lipinski definition) is 1. The fourth-order valence-electron chi connectivity index (χ4n) is 1.74. The van der Waals surface area contributed by atoms with Crippen LogP contribution in [0.4, 0.5) is 5.82 Å². The van der Waals surface area contributed by atoms with Crippen LogP contribution in [0.25, 0.3) is 0 Å². The molecule has 0 fully saturated rings. The maximum Gasteiger partial charge on any atom is 0.125 e. The second-order valence-electron chi connectivity index (χ2n) is 4.18. The number of halogens is 1. The molecule has 5 heteroatoms. The monoisotopic (exact) mass is 281 g/mol. The highest BCUT2D eigenvalue weighted by molar-refractivity contribution is 7.16. The van der Waals surface area contributed by atoms with Gasteiger partial charge in [0.1, 0.15) is 5.82 Å². The fraction of sp³-hybridized carbons (Fsp3) is 0.308. The van der Waals surface area contributed by atoms with Crippen molar-refractivity contribution >= 4 is 28.8 Å². The molecule has 0 atom stereocenters. The van der Waals surface area contributed by atoms with Gasteiger partial charge in [0.15, 0.2) is 0 Å². The first-order valence-corrected chi connectivity index (χ1v) is 6.92. The van der Waals surface area contributed by atoms with E-state index in [9.17, 15) is 0 Å². The van der Waals surface area contributed by atoms with Crippen molar-refractivity contribution < 1.29 is 0 Å². The molecule has 0 aromatic carbocycles. The summed E-state index contributed by atoms with van der Waals surface area (Å²) in [7, 11) is 3.97. The molecule has 0 amide bonds. The number of thiophene rings is 1. The van der Waals surface area contributed by atoms with E-state index in [1.165, 1.54) is 10.4 Å². The maximum atomic E-state index is 5.92. The number of aromatic nitrogens is 1. The van der Waals surface area contributed by atoms with Gasteiger partial charge < -0.3 is 5.32 Å². The van der Waals surface area contributed by atoms with Gasteiger partial charge in [0, 0.05) is 31.2 Å². The number of pyridine rings is 1. The first kappa shape index (κ1) is 13.3. The van der Waals surface area contributed by atoms with E-state index in [2.05, 4.69) is 34.4 Å². The van der Waals surface area contributed by atoms with E-state index < -0.39 is 0 Å². The molecule has 0 aliphatic rings. The molecule has 18 heavy (non-hydrogen) atoms. The summed E-state index contributed by atoms with van der Waals surface area (Å²) in [6.07, 6.45) is 1.91. The summed E-state index contributed by atoms with van der Waals surface area (Å²) in [6.45, 7) is 1.79. The van der Waals surface area contributed by atoms with Crippen LogP contribution in [-0.2, 0) is 13.1 Å². The van der Waals surface area contributed by atoms with E-state index in [1.807, 2.05) is 25.4 Å². The second kappa shape index (κ2) is 6.18. The first-order valence-electron chi connectivity index (χ1n) is 5.73. The minimum atomic E-state index is 0.846. The van der Waals surface area contributed by atoms with Gasteiger partial charge in [-0.2, -0.15) is 0 Å². The molecule has 0 bridgehead atoms. The Morgan fingerprint density at radius 2 is 2.11 bits per heavy atom. The Morgan fingerprint density at radius 1 is 1.28 bits per heavy atom. The summed E-state index contributed by atoms with van der Waals surface area (Å²) >= 11 is 7.55. The lowest BCUT2D eigenvalue weighted by atomic mass is 10.2. The molecule has 0 aliphatic carbocycles. The minimum Gasteiger partial charge on any atom is -0.373 e. The molecule has 0 aliphatic heterocycles. The van der Waals surface area contributed by atoms with Crippen molar-refractivity contribution in [3.63, 3.8) is 0 Å². The molecule has 96 valence electrons. The van der Waals surface area contributed by atoms with E-state index in [4.69, 9.17) is 11.6 Å². The highest BCUT2D eigenvalue weighted by Gasteiger charge is 2.04. The van der Waals surface area contributed by atoms with Crippen LogP contribution in [0.2, 0.25) is 4.34 Å². The van der Waals surface area contributed by atoms with Gasteiger partial charge in [-0.05, 0) is 30.8 Å². The van der Waals surface area contributed by atoms with Crippen LogP contribution in [-0.4, -0.2) is 24.0 Å². The summed E-state index contributed by atoms with van der Waals surface area (Å²) in [6, 6.07) is 8.10. The molecule has 2 aromatic rings. The largest absolute Gasteiger partial charge is 0.373 e. The molecule has 2 aromatic heterocycles. The minimum absolute atomic E-state index is 0.846. The van der Waals surface area contributed by atoms with Gasteiger partial charge in [-0.1, -0.05) is 17.7 Å². The van der Waals surface area contributed by atoms with Crippen LogP contribution in [0.5, 0.6) is 0 Å². The zero-order chi connectivity index (χ0) is 13.0. The smallest absolute Gasteiger partial charge is 0.125 e. The predicted octanol–water partition coefficient (Wildman–Crippen LogP) is 3.47. The number of rotatable bonds is 5. The quantitative estimate of drug-likeness (QED) is 0.910. The molecular weight excluding hydrogens is 266 g/mol. The van der Waals surface area contributed by atoms with Crippen molar-refractivity contribution in [3.05, 3.63) is 45.2 Å². The zero-order valence-corrected chi connectivity index (χ0v) is 12.1. The SMILES string of the molecule is CNc1ccc(CN(C)Cc2ccc(Cl)s2)cn1. The van der Waals surface area contributed by atoms with E-state index in [1.54, 1.807) is 11.3 Å². The van der Waals surface area contributed by atoms with Crippen LogP contribution in [0.3, 0.4) is 0 Å². The summed E-state index contributed by atoms with van der Waals surface area (Å²) in [5.74, 6) is 0.895. The Kier molecular flexibility index (Phi) is 4.58. The average molecular weight is 282 g/mol. The third-order valence-corrected chi connectivity index (χ3v) is 3.80. The number of anilines is 1. The number of hydrogen-bond acceptors (Lipinski definition) is 4. The first-order chi connectivity index (χ1) is 8.67. The van der Waals surface area contributed by atoms with Crippen molar-refractivity contribution in [1.82, 2.24) is 9.88 Å². The highest BCUT2D eigenvalue weighted by Crippen LogP contribution is 2.22. The van der Waals surface area contributed by atoms with E-state index in [-0.39, 0.29) is 0 Å². The molecular formula is C13H16ClN3S. The van der Waals surface area contributed by atoms with Gasteiger partial charge in [-0.3, -0.25) is 4.90 Å². The van der Waals surface area contributed by atoms with Crippen molar-refractivity contribution in [1.29, 1.82) is 0 Å². The molecule has 2 heterocycles. The van der Waals surface area contributed by atoms with Gasteiger partial charge in [0.05, 0.1) is 4.34 Å². The Morgan fingerprint density at radius 3 is 2.67 bits per heavy atom. The Balaban J connectivity index is 1.91. The fourth-order valence-corrected chi connectivity index (χ4v) is 2.90. The third-order valence-electron chi connectivity index (χ3n) is 2.59. The van der Waals surface area contributed by atoms with E-state index in [0.717, 1.165) is 23.2 Å². The number of nitrogens with one attached hydrogen (secondary N) is 1. The third kappa shape index (κ3) is 3.70. The lowest BCUT2D eigenvalue weighted by molar-refractivity contribution is 0.321. The van der Waals surface area contributed by atoms with Crippen molar-refractivity contribution in [2.24, 2.45) is 0 Å². The molecule has 0 spiro atoms. The van der Waals surface area contributed by atoms with Crippen LogP contribution >= 0.6 is 22.9 Å². The summed E-state index contributed by atoms with van der Waals surface area (Å²) in [5, 5.41) is 3.01. The van der Waals surface area contributed by atoms with Gasteiger partial charge in [-0.25, -0.2) is 4.98 Å². The lowest BCUT2D eigenvalue weighted by Crippen LogP contribution is -2.16. The summed E-state index contributed by atoms with van der Waals surface area (Å²) in [4.78, 5) is 7.83. The van der Waals surface area contributed by atoms with Crippen LogP contribution < -0.4 is 5.32 Å². The zero-order valence-electron chi connectivity index (χ0n) is 10.5. The average Bonchev–Trinajstić information content (AvgIpc) is 2.75. The van der Waals surface area contributed by atoms with Gasteiger partial charge >= 0.3 is 0 Å². The van der Waals surface area contributed by atoms with Crippen molar-refractivity contribution in [2.45, 2.75) is 13.1 Å². The standard InChI is InChI=1S/C13H16ClN3S/c1-15-13-6-3-10(7-16-13)8-17(2)9-11-4-5-12(14)18-11/h3-7H,8-9H2,1-2H3,(H,15,16). The summed E-state index contributed by atoms with van der Waals surface area (Å²) < 4.78 is 0.846. The molecule has 0 saturated carbocycles. The molecule has 0 saturated heterocycles. The van der Waals surface area contributed by atoms with Crippen LogP contribution in [0.1, 0.15) is 10.4 Å². The molecule has 0 radical (unpaired) electrons. The Labute approximate surface area is 116 Å². The lowest BCUT2D eigenvalue weighted by Gasteiger charge is -2.15. The van der Waals surface area contributed by atoms with Gasteiger partial charge in [0.25, 0.3) is 0 Å². The summed E-state index contributed by atoms with van der Waals surface area (Å²) in [5.41, 5.74) is 1.21. The Hall–Kier alpha value is -1.10. The van der Waals surface area contributed by atoms with Gasteiger partial charge in [-0.15, -0.1) is 11.3 Å². The van der Waals surface area contributed by atoms with Crippen molar-refractivity contribution in [2.75, 3.05) is 19.4 Å². The van der Waals surface area contributed by atoms with Crippen LogP contribution in [0.15, 0.2) is 30.5 Å². The molecule has 3 nitrogen and oxygen atoms in total. The molecule has 0 unspecified atom stereocenters. The predicted molar refractivity (Wildman–Crippen MR) is 78.3 cm³/mol.